The molecule has 2 amide bonds. The first-order valence-electron chi connectivity index (χ1n) is 8.23. The number of aromatic nitrogens is 2. The van der Waals surface area contributed by atoms with Crippen LogP contribution in [-0.2, 0) is 9.53 Å². The van der Waals surface area contributed by atoms with Crippen molar-refractivity contribution in [1.82, 2.24) is 10.2 Å². The van der Waals surface area contributed by atoms with Gasteiger partial charge in [0.25, 0.3) is 0 Å². The van der Waals surface area contributed by atoms with Crippen molar-refractivity contribution < 1.29 is 14.3 Å². The summed E-state index contributed by atoms with van der Waals surface area (Å²) >= 11 is 0. The molecule has 2 heterocycles. The number of hydrogen-bond donors (Lipinski definition) is 2. The second kappa shape index (κ2) is 6.08. The molecule has 1 aromatic carbocycles. The summed E-state index contributed by atoms with van der Waals surface area (Å²) in [6.45, 7) is 4.36. The van der Waals surface area contributed by atoms with E-state index in [1.54, 1.807) is 17.0 Å². The molecule has 1 saturated carbocycles. The van der Waals surface area contributed by atoms with Gasteiger partial charge in [-0.05, 0) is 43.2 Å². The number of nitrogens with one attached hydrogen (secondary N) is 2. The molecule has 1 aliphatic heterocycles. The Kier molecular flexibility index (Phi) is 3.76. The number of H-pyrrole nitrogens is 1. The average Bonchev–Trinajstić information content (AvgIpc) is 3.19. The number of hydrogen-bond acceptors (Lipinski definition) is 4. The third kappa shape index (κ3) is 3.00. The fraction of sp³-hybridized carbons (Fsp3) is 0.278. The third-order valence-electron chi connectivity index (χ3n) is 4.41. The summed E-state index contributed by atoms with van der Waals surface area (Å²) in [6.07, 6.45) is 3.19. The Morgan fingerprint density at radius 2 is 2.24 bits per heavy atom. The molecule has 2 fully saturated rings. The van der Waals surface area contributed by atoms with Gasteiger partial charge in [0.2, 0.25) is 5.91 Å². The van der Waals surface area contributed by atoms with Crippen molar-refractivity contribution >= 4 is 23.4 Å². The van der Waals surface area contributed by atoms with Gasteiger partial charge in [-0.15, -0.1) is 0 Å². The Morgan fingerprint density at radius 3 is 2.92 bits per heavy atom. The molecule has 4 rings (SSSR count). The van der Waals surface area contributed by atoms with Crippen LogP contribution in [0.25, 0.3) is 11.3 Å². The van der Waals surface area contributed by atoms with Crippen molar-refractivity contribution in [2.45, 2.75) is 18.8 Å². The molecule has 1 saturated heterocycles. The van der Waals surface area contributed by atoms with Gasteiger partial charge in [0.1, 0.15) is 6.61 Å². The normalized spacial score (nSPS) is 16.6. The summed E-state index contributed by atoms with van der Waals surface area (Å²) in [6, 6.07) is 7.40. The molecule has 25 heavy (non-hydrogen) atoms. The Labute approximate surface area is 144 Å². The van der Waals surface area contributed by atoms with E-state index in [9.17, 15) is 9.59 Å². The van der Waals surface area contributed by atoms with Crippen LogP contribution in [0.15, 0.2) is 36.9 Å². The molecule has 0 atom stereocenters. The summed E-state index contributed by atoms with van der Waals surface area (Å²) in [5.74, 6) is 0.247. The van der Waals surface area contributed by atoms with Crippen LogP contribution >= 0.6 is 0 Å². The monoisotopic (exact) mass is 338 g/mol. The molecule has 7 nitrogen and oxygen atoms in total. The lowest BCUT2D eigenvalue weighted by molar-refractivity contribution is -0.111. The molecule has 7 heteroatoms. The van der Waals surface area contributed by atoms with Crippen LogP contribution in [0.2, 0.25) is 0 Å². The zero-order valence-electron chi connectivity index (χ0n) is 13.6. The van der Waals surface area contributed by atoms with Crippen LogP contribution < -0.4 is 10.2 Å². The highest BCUT2D eigenvalue weighted by atomic mass is 16.6. The Hall–Kier alpha value is -3.09. The fourth-order valence-electron chi connectivity index (χ4n) is 2.91. The molecule has 1 aliphatic carbocycles. The topological polar surface area (TPSA) is 87.3 Å². The van der Waals surface area contributed by atoms with Crippen molar-refractivity contribution in [1.29, 1.82) is 0 Å². The van der Waals surface area contributed by atoms with Crippen LogP contribution in [0.4, 0.5) is 16.2 Å². The molecule has 0 spiro atoms. The standard InChI is InChI=1S/C18H18N4O3/c1-2-17(23)19-14-6-5-12(22-7-8-25-18(22)24)9-13(14)16-10-15(20-21-16)11-3-4-11/h2,5-6,9-11H,1,3-4,7-8H2,(H,19,23)(H,20,21). The number of aromatic amines is 1. The maximum atomic E-state index is 11.8. The number of amides is 2. The highest BCUT2D eigenvalue weighted by Crippen LogP contribution is 2.41. The minimum absolute atomic E-state index is 0.299. The summed E-state index contributed by atoms with van der Waals surface area (Å²) in [5, 5.41) is 10.3. The van der Waals surface area contributed by atoms with E-state index in [1.807, 2.05) is 12.1 Å². The number of anilines is 2. The second-order valence-electron chi connectivity index (χ2n) is 6.17. The number of benzene rings is 1. The molecular formula is C18H18N4O3. The Morgan fingerprint density at radius 1 is 1.40 bits per heavy atom. The molecule has 2 aromatic rings. The predicted octanol–water partition coefficient (Wildman–Crippen LogP) is 3.04. The molecule has 2 aliphatic rings. The number of carbonyl (C=O) groups excluding carboxylic acids is 2. The fourth-order valence-corrected chi connectivity index (χ4v) is 2.91. The number of cyclic esters (lactones) is 1. The molecule has 0 radical (unpaired) electrons. The van der Waals surface area contributed by atoms with Gasteiger partial charge < -0.3 is 10.1 Å². The molecular weight excluding hydrogens is 320 g/mol. The van der Waals surface area contributed by atoms with Gasteiger partial charge in [0.05, 0.1) is 17.9 Å². The van der Waals surface area contributed by atoms with Gasteiger partial charge in [-0.1, -0.05) is 6.58 Å². The van der Waals surface area contributed by atoms with E-state index in [-0.39, 0.29) is 12.0 Å². The smallest absolute Gasteiger partial charge is 0.414 e. The van der Waals surface area contributed by atoms with Gasteiger partial charge in [-0.25, -0.2) is 4.79 Å². The van der Waals surface area contributed by atoms with E-state index in [2.05, 4.69) is 22.1 Å². The van der Waals surface area contributed by atoms with E-state index in [0.29, 0.717) is 30.4 Å². The van der Waals surface area contributed by atoms with Crippen LogP contribution in [0.5, 0.6) is 0 Å². The average molecular weight is 338 g/mol. The number of carbonyl (C=O) groups is 2. The summed E-state index contributed by atoms with van der Waals surface area (Å²) < 4.78 is 5.00. The van der Waals surface area contributed by atoms with E-state index in [4.69, 9.17) is 4.74 Å². The van der Waals surface area contributed by atoms with Gasteiger partial charge >= 0.3 is 6.09 Å². The molecule has 1 aromatic heterocycles. The predicted molar refractivity (Wildman–Crippen MR) is 93.5 cm³/mol. The third-order valence-corrected chi connectivity index (χ3v) is 4.41. The number of ether oxygens (including phenoxy) is 1. The lowest BCUT2D eigenvalue weighted by Gasteiger charge is -2.16. The zero-order chi connectivity index (χ0) is 17.4. The molecule has 2 N–H and O–H groups in total. The van der Waals surface area contributed by atoms with Crippen LogP contribution in [-0.4, -0.2) is 35.3 Å². The molecule has 128 valence electrons. The first kappa shape index (κ1) is 15.4. The summed E-state index contributed by atoms with van der Waals surface area (Å²) in [5.41, 5.74) is 3.91. The first-order chi connectivity index (χ1) is 12.2. The molecule has 0 bridgehead atoms. The number of nitrogens with zero attached hydrogens (tertiary/aromatic N) is 2. The van der Waals surface area contributed by atoms with Crippen molar-refractivity contribution in [3.63, 3.8) is 0 Å². The van der Waals surface area contributed by atoms with Gasteiger partial charge in [0, 0.05) is 22.9 Å². The number of rotatable bonds is 5. The van der Waals surface area contributed by atoms with Crippen LogP contribution in [0, 0.1) is 0 Å². The maximum Gasteiger partial charge on any atom is 0.414 e. The van der Waals surface area contributed by atoms with E-state index >= 15 is 0 Å². The zero-order valence-corrected chi connectivity index (χ0v) is 13.6. The first-order valence-corrected chi connectivity index (χ1v) is 8.23. The highest BCUT2D eigenvalue weighted by molar-refractivity contribution is 6.02. The minimum Gasteiger partial charge on any atom is -0.447 e. The van der Waals surface area contributed by atoms with E-state index in [0.717, 1.165) is 17.0 Å². The molecule has 0 unspecified atom stereocenters. The van der Waals surface area contributed by atoms with E-state index in [1.165, 1.54) is 18.9 Å². The summed E-state index contributed by atoms with van der Waals surface area (Å²) in [4.78, 5) is 25.1. The maximum absolute atomic E-state index is 11.8. The van der Waals surface area contributed by atoms with Crippen molar-refractivity contribution in [2.24, 2.45) is 0 Å². The summed E-state index contributed by atoms with van der Waals surface area (Å²) in [7, 11) is 0. The quantitative estimate of drug-likeness (QED) is 0.820. The van der Waals surface area contributed by atoms with Crippen LogP contribution in [0.3, 0.4) is 0 Å². The Balaban J connectivity index is 1.74. The van der Waals surface area contributed by atoms with Crippen LogP contribution in [0.1, 0.15) is 24.5 Å². The van der Waals surface area contributed by atoms with E-state index < -0.39 is 0 Å². The second-order valence-corrected chi connectivity index (χ2v) is 6.17. The van der Waals surface area contributed by atoms with Gasteiger partial charge in [0.15, 0.2) is 0 Å². The largest absolute Gasteiger partial charge is 0.447 e. The van der Waals surface area contributed by atoms with Crippen molar-refractivity contribution in [3.05, 3.63) is 42.6 Å². The van der Waals surface area contributed by atoms with Gasteiger partial charge in [-0.2, -0.15) is 5.10 Å². The van der Waals surface area contributed by atoms with Gasteiger partial charge in [-0.3, -0.25) is 14.8 Å². The Bertz CT molecular complexity index is 854. The van der Waals surface area contributed by atoms with Crippen molar-refractivity contribution in [2.75, 3.05) is 23.4 Å². The lowest BCUT2D eigenvalue weighted by Crippen LogP contribution is -2.23. The lowest BCUT2D eigenvalue weighted by atomic mass is 10.1. The SMILES string of the molecule is C=CC(=O)Nc1ccc(N2CCOC2=O)cc1-c1cc(C2CC2)[nH]n1. The highest BCUT2D eigenvalue weighted by Gasteiger charge is 2.27. The van der Waals surface area contributed by atoms with Crippen molar-refractivity contribution in [3.8, 4) is 11.3 Å². The minimum atomic E-state index is -0.366.